The van der Waals surface area contributed by atoms with Gasteiger partial charge in [0.05, 0.1) is 0 Å². The second-order valence-corrected chi connectivity index (χ2v) is 5.66. The molecule has 1 amide bonds. The molecule has 2 unspecified atom stereocenters. The van der Waals surface area contributed by atoms with Crippen molar-refractivity contribution < 1.29 is 4.79 Å². The Morgan fingerprint density at radius 2 is 2.37 bits per heavy atom. The molecule has 0 saturated heterocycles. The van der Waals surface area contributed by atoms with Crippen LogP contribution in [-0.4, -0.2) is 17.4 Å². The van der Waals surface area contributed by atoms with E-state index in [4.69, 9.17) is 5.73 Å². The summed E-state index contributed by atoms with van der Waals surface area (Å²) >= 11 is 0. The largest absolute Gasteiger partial charge is 0.399 e. The average Bonchev–Trinajstić information content (AvgIpc) is 2.38. The molecular formula is C15H23N3O. The molecule has 1 fully saturated rings. The number of carbonyl (C=O) groups is 1. The summed E-state index contributed by atoms with van der Waals surface area (Å²) < 4.78 is 0. The third-order valence-corrected chi connectivity index (χ3v) is 3.90. The summed E-state index contributed by atoms with van der Waals surface area (Å²) in [6.07, 6.45) is 7.92. The minimum Gasteiger partial charge on any atom is -0.399 e. The summed E-state index contributed by atoms with van der Waals surface area (Å²) in [6, 6.07) is 3.29. The van der Waals surface area contributed by atoms with Crippen molar-refractivity contribution in [3.8, 4) is 0 Å². The van der Waals surface area contributed by atoms with E-state index in [1.165, 1.54) is 25.7 Å². The zero-order chi connectivity index (χ0) is 13.7. The third-order valence-electron chi connectivity index (χ3n) is 3.90. The second kappa shape index (κ2) is 6.55. The standard InChI is InChI=1S/C15H23N3O/c1-11-3-2-4-12(9-11)5-7-18-15(19)14-10-13(16)6-8-17-14/h6,8,10-12H,2-5,7,9H2,1H3,(H2,16,17)(H,18,19). The number of aromatic nitrogens is 1. The predicted molar refractivity (Wildman–Crippen MR) is 76.7 cm³/mol. The molecule has 0 radical (unpaired) electrons. The number of nitrogens with two attached hydrogens (primary N) is 1. The molecule has 104 valence electrons. The van der Waals surface area contributed by atoms with Crippen molar-refractivity contribution in [1.29, 1.82) is 0 Å². The summed E-state index contributed by atoms with van der Waals surface area (Å²) in [5.74, 6) is 1.47. The van der Waals surface area contributed by atoms with Crippen molar-refractivity contribution in [2.75, 3.05) is 12.3 Å². The molecule has 1 aliphatic rings. The highest BCUT2D eigenvalue weighted by Crippen LogP contribution is 2.30. The number of hydrogen-bond acceptors (Lipinski definition) is 3. The maximum atomic E-state index is 11.9. The van der Waals surface area contributed by atoms with Crippen LogP contribution in [0.4, 0.5) is 5.69 Å². The molecule has 2 atom stereocenters. The lowest BCUT2D eigenvalue weighted by Crippen LogP contribution is -2.27. The van der Waals surface area contributed by atoms with Gasteiger partial charge in [0.15, 0.2) is 0 Å². The first-order chi connectivity index (χ1) is 9.15. The van der Waals surface area contributed by atoms with Crippen molar-refractivity contribution in [3.05, 3.63) is 24.0 Å². The van der Waals surface area contributed by atoms with Crippen molar-refractivity contribution in [3.63, 3.8) is 0 Å². The molecule has 0 aliphatic heterocycles. The smallest absolute Gasteiger partial charge is 0.269 e. The molecule has 1 aromatic rings. The predicted octanol–water partition coefficient (Wildman–Crippen LogP) is 2.61. The van der Waals surface area contributed by atoms with E-state index in [2.05, 4.69) is 17.2 Å². The highest BCUT2D eigenvalue weighted by atomic mass is 16.1. The number of nitrogens with zero attached hydrogens (tertiary/aromatic N) is 1. The second-order valence-electron chi connectivity index (χ2n) is 5.66. The summed E-state index contributed by atoms with van der Waals surface area (Å²) in [7, 11) is 0. The van der Waals surface area contributed by atoms with Gasteiger partial charge in [0, 0.05) is 18.4 Å². The van der Waals surface area contributed by atoms with Gasteiger partial charge in [-0.25, -0.2) is 0 Å². The highest BCUT2D eigenvalue weighted by Gasteiger charge is 2.18. The van der Waals surface area contributed by atoms with Gasteiger partial charge in [-0.2, -0.15) is 0 Å². The normalized spacial score (nSPS) is 23.0. The molecule has 1 saturated carbocycles. The van der Waals surface area contributed by atoms with Gasteiger partial charge < -0.3 is 11.1 Å². The van der Waals surface area contributed by atoms with Gasteiger partial charge in [-0.1, -0.05) is 26.2 Å². The average molecular weight is 261 g/mol. The first kappa shape index (κ1) is 13.8. The van der Waals surface area contributed by atoms with Crippen LogP contribution in [0.25, 0.3) is 0 Å². The summed E-state index contributed by atoms with van der Waals surface area (Å²) in [6.45, 7) is 3.05. The van der Waals surface area contributed by atoms with Gasteiger partial charge in [0.25, 0.3) is 5.91 Å². The minimum absolute atomic E-state index is 0.129. The lowest BCUT2D eigenvalue weighted by Gasteiger charge is -2.26. The summed E-state index contributed by atoms with van der Waals surface area (Å²) in [5, 5.41) is 2.93. The van der Waals surface area contributed by atoms with E-state index in [-0.39, 0.29) is 5.91 Å². The zero-order valence-corrected chi connectivity index (χ0v) is 11.6. The van der Waals surface area contributed by atoms with E-state index in [9.17, 15) is 4.79 Å². The molecule has 0 spiro atoms. The Morgan fingerprint density at radius 3 is 3.11 bits per heavy atom. The number of nitrogen functional groups attached to an aromatic ring is 1. The van der Waals surface area contributed by atoms with Crippen molar-refractivity contribution in [2.45, 2.75) is 39.0 Å². The number of rotatable bonds is 4. The number of hydrogen-bond donors (Lipinski definition) is 2. The summed E-state index contributed by atoms with van der Waals surface area (Å²) in [4.78, 5) is 15.9. The highest BCUT2D eigenvalue weighted by molar-refractivity contribution is 5.92. The topological polar surface area (TPSA) is 68.0 Å². The molecule has 2 rings (SSSR count). The van der Waals surface area contributed by atoms with Gasteiger partial charge in [0.2, 0.25) is 0 Å². The molecule has 4 nitrogen and oxygen atoms in total. The Morgan fingerprint density at radius 1 is 1.53 bits per heavy atom. The number of carbonyl (C=O) groups excluding carboxylic acids is 1. The fraction of sp³-hybridized carbons (Fsp3) is 0.600. The van der Waals surface area contributed by atoms with Crippen LogP contribution < -0.4 is 11.1 Å². The molecule has 0 bridgehead atoms. The first-order valence-corrected chi connectivity index (χ1v) is 7.15. The van der Waals surface area contributed by atoms with E-state index in [1.54, 1.807) is 18.3 Å². The number of amides is 1. The van der Waals surface area contributed by atoms with Crippen molar-refractivity contribution in [2.24, 2.45) is 11.8 Å². The van der Waals surface area contributed by atoms with Crippen LogP contribution in [0, 0.1) is 11.8 Å². The van der Waals surface area contributed by atoms with Gasteiger partial charge in [-0.15, -0.1) is 0 Å². The Labute approximate surface area is 114 Å². The van der Waals surface area contributed by atoms with Crippen LogP contribution in [0.2, 0.25) is 0 Å². The van der Waals surface area contributed by atoms with Gasteiger partial charge >= 0.3 is 0 Å². The molecule has 19 heavy (non-hydrogen) atoms. The summed E-state index contributed by atoms with van der Waals surface area (Å²) in [5.41, 5.74) is 6.61. The van der Waals surface area contributed by atoms with Gasteiger partial charge in [0.1, 0.15) is 5.69 Å². The molecule has 3 N–H and O–H groups in total. The lowest BCUT2D eigenvalue weighted by atomic mass is 9.81. The Balaban J connectivity index is 1.75. The van der Waals surface area contributed by atoms with E-state index in [0.717, 1.165) is 24.8 Å². The molecule has 1 aliphatic carbocycles. The number of anilines is 1. The quantitative estimate of drug-likeness (QED) is 0.875. The van der Waals surface area contributed by atoms with E-state index >= 15 is 0 Å². The fourth-order valence-corrected chi connectivity index (χ4v) is 2.87. The van der Waals surface area contributed by atoms with E-state index in [1.807, 2.05) is 0 Å². The van der Waals surface area contributed by atoms with Crippen LogP contribution in [0.5, 0.6) is 0 Å². The Bertz CT molecular complexity index is 433. The number of nitrogens with one attached hydrogen (secondary N) is 1. The van der Waals surface area contributed by atoms with Crippen molar-refractivity contribution in [1.82, 2.24) is 10.3 Å². The molecule has 1 heterocycles. The molecular weight excluding hydrogens is 238 g/mol. The minimum atomic E-state index is -0.129. The van der Waals surface area contributed by atoms with Crippen LogP contribution >= 0.6 is 0 Å². The lowest BCUT2D eigenvalue weighted by molar-refractivity contribution is 0.0944. The van der Waals surface area contributed by atoms with Crippen LogP contribution in [0.1, 0.15) is 49.5 Å². The van der Waals surface area contributed by atoms with Crippen LogP contribution in [0.15, 0.2) is 18.3 Å². The number of pyridine rings is 1. The maximum absolute atomic E-state index is 11.9. The first-order valence-electron chi connectivity index (χ1n) is 7.15. The molecule has 4 heteroatoms. The van der Waals surface area contributed by atoms with Gasteiger partial charge in [-0.05, 0) is 36.8 Å². The SMILES string of the molecule is CC1CCCC(CCNC(=O)c2cc(N)ccn2)C1. The van der Waals surface area contributed by atoms with E-state index < -0.39 is 0 Å². The Kier molecular flexibility index (Phi) is 4.77. The third kappa shape index (κ3) is 4.23. The van der Waals surface area contributed by atoms with E-state index in [0.29, 0.717) is 11.4 Å². The van der Waals surface area contributed by atoms with Crippen LogP contribution in [-0.2, 0) is 0 Å². The zero-order valence-electron chi connectivity index (χ0n) is 11.6. The molecule has 1 aromatic heterocycles. The van der Waals surface area contributed by atoms with Crippen LogP contribution in [0.3, 0.4) is 0 Å². The maximum Gasteiger partial charge on any atom is 0.269 e. The Hall–Kier alpha value is -1.58. The molecule has 0 aromatic carbocycles. The monoisotopic (exact) mass is 261 g/mol. The fourth-order valence-electron chi connectivity index (χ4n) is 2.87. The van der Waals surface area contributed by atoms with Crippen molar-refractivity contribution >= 4 is 11.6 Å². The van der Waals surface area contributed by atoms with Gasteiger partial charge in [-0.3, -0.25) is 9.78 Å².